The lowest BCUT2D eigenvalue weighted by Gasteiger charge is -2.28. The van der Waals surface area contributed by atoms with Gasteiger partial charge < -0.3 is 0 Å². The molecule has 0 aromatic carbocycles. The Labute approximate surface area is 86.0 Å². The van der Waals surface area contributed by atoms with Gasteiger partial charge in [-0.15, -0.1) is 23.2 Å². The average Bonchev–Trinajstić information content (AvgIpc) is 2.07. The zero-order valence-electron chi connectivity index (χ0n) is 8.02. The molecule has 0 spiro atoms. The lowest BCUT2D eigenvalue weighted by atomic mass is 10.1. The molecule has 0 bridgehead atoms. The van der Waals surface area contributed by atoms with Gasteiger partial charge in [0.25, 0.3) is 0 Å². The molecular weight excluding hydrogens is 193 g/mol. The van der Waals surface area contributed by atoms with E-state index in [0.717, 1.165) is 13.1 Å². The van der Waals surface area contributed by atoms with Gasteiger partial charge in [-0.2, -0.15) is 0 Å². The predicted octanol–water partition coefficient (Wildman–Crippen LogP) is 2.95. The summed E-state index contributed by atoms with van der Waals surface area (Å²) in [7, 11) is 0. The van der Waals surface area contributed by atoms with Crippen LogP contribution in [-0.4, -0.2) is 35.8 Å². The molecule has 0 saturated carbocycles. The highest BCUT2D eigenvalue weighted by atomic mass is 35.5. The zero-order valence-corrected chi connectivity index (χ0v) is 9.53. The second kappa shape index (κ2) is 8.15. The molecule has 0 rings (SSSR count). The van der Waals surface area contributed by atoms with Crippen LogP contribution in [0, 0.1) is 0 Å². The monoisotopic (exact) mass is 211 g/mol. The molecule has 12 heavy (non-hydrogen) atoms. The second-order valence-corrected chi connectivity index (χ2v) is 3.64. The van der Waals surface area contributed by atoms with Crippen LogP contribution >= 0.6 is 23.2 Å². The van der Waals surface area contributed by atoms with Gasteiger partial charge in [0.2, 0.25) is 0 Å². The predicted molar refractivity (Wildman–Crippen MR) is 57.4 cm³/mol. The van der Waals surface area contributed by atoms with Crippen molar-refractivity contribution in [3.05, 3.63) is 0 Å². The maximum atomic E-state index is 5.71. The topological polar surface area (TPSA) is 3.24 Å². The molecule has 0 fully saturated rings. The fourth-order valence-electron chi connectivity index (χ4n) is 1.50. The third-order valence-electron chi connectivity index (χ3n) is 2.20. The van der Waals surface area contributed by atoms with Crippen LogP contribution in [0.1, 0.15) is 26.7 Å². The minimum Gasteiger partial charge on any atom is -0.298 e. The largest absolute Gasteiger partial charge is 0.298 e. The van der Waals surface area contributed by atoms with Crippen molar-refractivity contribution in [3.63, 3.8) is 0 Å². The maximum Gasteiger partial charge on any atom is 0.0351 e. The van der Waals surface area contributed by atoms with Gasteiger partial charge >= 0.3 is 0 Å². The SMILES string of the molecule is CCC(CC)N(CCCl)CCCl. The molecule has 0 aromatic heterocycles. The summed E-state index contributed by atoms with van der Waals surface area (Å²) < 4.78 is 0. The third kappa shape index (κ3) is 4.54. The Kier molecular flexibility index (Phi) is 8.52. The van der Waals surface area contributed by atoms with Gasteiger partial charge in [-0.3, -0.25) is 4.90 Å². The quantitative estimate of drug-likeness (QED) is 0.586. The number of hydrogen-bond donors (Lipinski definition) is 0. The van der Waals surface area contributed by atoms with E-state index in [1.165, 1.54) is 12.8 Å². The van der Waals surface area contributed by atoms with E-state index >= 15 is 0 Å². The minimum absolute atomic E-state index is 0.655. The highest BCUT2D eigenvalue weighted by molar-refractivity contribution is 6.18. The molecule has 0 unspecified atom stereocenters. The van der Waals surface area contributed by atoms with E-state index < -0.39 is 0 Å². The van der Waals surface area contributed by atoms with Gasteiger partial charge in [0.05, 0.1) is 0 Å². The van der Waals surface area contributed by atoms with Crippen LogP contribution in [0.3, 0.4) is 0 Å². The second-order valence-electron chi connectivity index (χ2n) is 2.88. The van der Waals surface area contributed by atoms with Gasteiger partial charge in [0.1, 0.15) is 0 Å². The summed E-state index contributed by atoms with van der Waals surface area (Å²) in [6.45, 7) is 6.34. The molecule has 0 saturated heterocycles. The van der Waals surface area contributed by atoms with Crippen LogP contribution in [-0.2, 0) is 0 Å². The molecule has 0 aliphatic rings. The van der Waals surface area contributed by atoms with Gasteiger partial charge in [-0.25, -0.2) is 0 Å². The molecule has 0 heterocycles. The van der Waals surface area contributed by atoms with Gasteiger partial charge in [-0.05, 0) is 12.8 Å². The number of halogens is 2. The van der Waals surface area contributed by atoms with Crippen molar-refractivity contribution in [1.29, 1.82) is 0 Å². The lowest BCUT2D eigenvalue weighted by Crippen LogP contribution is -2.37. The number of rotatable bonds is 7. The smallest absolute Gasteiger partial charge is 0.0351 e. The summed E-state index contributed by atoms with van der Waals surface area (Å²) in [6, 6.07) is 0.655. The Bertz CT molecular complexity index is 88.5. The van der Waals surface area contributed by atoms with Crippen LogP contribution in [0.2, 0.25) is 0 Å². The van der Waals surface area contributed by atoms with Crippen LogP contribution in [0.15, 0.2) is 0 Å². The van der Waals surface area contributed by atoms with E-state index in [9.17, 15) is 0 Å². The molecular formula is C9H19Cl2N. The Hall–Kier alpha value is 0.540. The van der Waals surface area contributed by atoms with E-state index in [1.807, 2.05) is 0 Å². The minimum atomic E-state index is 0.655. The van der Waals surface area contributed by atoms with Gasteiger partial charge in [-0.1, -0.05) is 13.8 Å². The summed E-state index contributed by atoms with van der Waals surface area (Å²) in [5, 5.41) is 0. The lowest BCUT2D eigenvalue weighted by molar-refractivity contribution is 0.208. The van der Waals surface area contributed by atoms with Crippen LogP contribution in [0.4, 0.5) is 0 Å². The zero-order chi connectivity index (χ0) is 9.40. The molecule has 0 amide bonds. The molecule has 74 valence electrons. The van der Waals surface area contributed by atoms with Crippen molar-refractivity contribution in [3.8, 4) is 0 Å². The highest BCUT2D eigenvalue weighted by Crippen LogP contribution is 2.08. The van der Waals surface area contributed by atoms with Crippen molar-refractivity contribution in [2.75, 3.05) is 24.8 Å². The normalized spacial score (nSPS) is 11.5. The average molecular weight is 212 g/mol. The molecule has 0 atom stereocenters. The number of hydrogen-bond acceptors (Lipinski definition) is 1. The third-order valence-corrected chi connectivity index (χ3v) is 2.54. The number of alkyl halides is 2. The molecule has 0 aromatic rings. The van der Waals surface area contributed by atoms with E-state index in [1.54, 1.807) is 0 Å². The first kappa shape index (κ1) is 12.5. The van der Waals surface area contributed by atoms with E-state index in [4.69, 9.17) is 23.2 Å². The summed E-state index contributed by atoms with van der Waals surface area (Å²) >= 11 is 11.4. The Morgan fingerprint density at radius 1 is 1.00 bits per heavy atom. The first-order valence-electron chi connectivity index (χ1n) is 4.66. The van der Waals surface area contributed by atoms with Crippen LogP contribution in [0.5, 0.6) is 0 Å². The van der Waals surface area contributed by atoms with E-state index in [-0.39, 0.29) is 0 Å². The Morgan fingerprint density at radius 2 is 1.42 bits per heavy atom. The standard InChI is InChI=1S/C9H19Cl2N/c1-3-9(4-2)12(7-5-10)8-6-11/h9H,3-8H2,1-2H3. The Balaban J connectivity index is 3.86. The van der Waals surface area contributed by atoms with Crippen LogP contribution < -0.4 is 0 Å². The number of nitrogens with zero attached hydrogens (tertiary/aromatic N) is 1. The van der Waals surface area contributed by atoms with E-state index in [0.29, 0.717) is 17.8 Å². The van der Waals surface area contributed by atoms with Crippen molar-refractivity contribution in [2.24, 2.45) is 0 Å². The van der Waals surface area contributed by atoms with Gasteiger partial charge in [0.15, 0.2) is 0 Å². The summed E-state index contributed by atoms with van der Waals surface area (Å²) in [5.41, 5.74) is 0. The fraction of sp³-hybridized carbons (Fsp3) is 1.00. The molecule has 3 heteroatoms. The van der Waals surface area contributed by atoms with Crippen LogP contribution in [0.25, 0.3) is 0 Å². The van der Waals surface area contributed by atoms with Crippen molar-refractivity contribution in [1.82, 2.24) is 4.90 Å². The maximum absolute atomic E-state index is 5.71. The first-order valence-corrected chi connectivity index (χ1v) is 5.72. The molecule has 0 aliphatic carbocycles. The van der Waals surface area contributed by atoms with Crippen molar-refractivity contribution in [2.45, 2.75) is 32.7 Å². The summed E-state index contributed by atoms with van der Waals surface area (Å²) in [4.78, 5) is 2.38. The first-order chi connectivity index (χ1) is 5.79. The molecule has 0 N–H and O–H groups in total. The highest BCUT2D eigenvalue weighted by Gasteiger charge is 2.12. The van der Waals surface area contributed by atoms with Gasteiger partial charge in [0, 0.05) is 30.9 Å². The van der Waals surface area contributed by atoms with Crippen molar-refractivity contribution >= 4 is 23.2 Å². The molecule has 0 aliphatic heterocycles. The summed E-state index contributed by atoms with van der Waals surface area (Å²) in [6.07, 6.45) is 2.37. The summed E-state index contributed by atoms with van der Waals surface area (Å²) in [5.74, 6) is 1.40. The molecule has 0 radical (unpaired) electrons. The van der Waals surface area contributed by atoms with E-state index in [2.05, 4.69) is 18.7 Å². The molecule has 1 nitrogen and oxygen atoms in total. The van der Waals surface area contributed by atoms with Crippen molar-refractivity contribution < 1.29 is 0 Å². The Morgan fingerprint density at radius 3 is 1.67 bits per heavy atom. The fourth-order valence-corrected chi connectivity index (χ4v) is 1.93.